The largest absolute Gasteiger partial charge is 0.337 e. The van der Waals surface area contributed by atoms with Crippen molar-refractivity contribution >= 4 is 5.91 Å². The number of hydrogen-bond donors (Lipinski definition) is 1. The predicted octanol–water partition coefficient (Wildman–Crippen LogP) is 2.54. The summed E-state index contributed by atoms with van der Waals surface area (Å²) < 4.78 is 2.01. The number of amides is 1. The highest BCUT2D eigenvalue weighted by atomic mass is 16.2. The minimum absolute atomic E-state index is 0.0774. The van der Waals surface area contributed by atoms with Crippen molar-refractivity contribution in [2.45, 2.75) is 52.0 Å². The Morgan fingerprint density at radius 2 is 1.96 bits per heavy atom. The van der Waals surface area contributed by atoms with E-state index in [1.165, 1.54) is 16.8 Å². The fourth-order valence-electron chi connectivity index (χ4n) is 4.10. The number of benzene rings is 1. The molecule has 5 nitrogen and oxygen atoms in total. The minimum atomic E-state index is 0.0774. The van der Waals surface area contributed by atoms with Crippen LogP contribution in [0.2, 0.25) is 0 Å². The van der Waals surface area contributed by atoms with Crippen LogP contribution in [0.5, 0.6) is 0 Å². The number of fused-ring (bicyclic) bond motifs is 1. The number of hydrogen-bond acceptors (Lipinski definition) is 3. The monoisotopic (exact) mass is 338 g/mol. The molecule has 0 unspecified atom stereocenters. The maximum atomic E-state index is 13.1. The van der Waals surface area contributed by atoms with Crippen LogP contribution < -0.4 is 5.73 Å². The average molecular weight is 338 g/mol. The fraction of sp³-hybridized carbons (Fsp3) is 0.500. The second-order valence-corrected chi connectivity index (χ2v) is 7.46. The van der Waals surface area contributed by atoms with E-state index in [0.29, 0.717) is 5.69 Å². The van der Waals surface area contributed by atoms with Gasteiger partial charge < -0.3 is 10.6 Å². The van der Waals surface area contributed by atoms with Crippen LogP contribution in [0.25, 0.3) is 5.69 Å². The summed E-state index contributed by atoms with van der Waals surface area (Å²) in [5.41, 5.74) is 12.5. The zero-order chi connectivity index (χ0) is 17.6. The van der Waals surface area contributed by atoms with Gasteiger partial charge in [0.15, 0.2) is 5.69 Å². The van der Waals surface area contributed by atoms with Gasteiger partial charge in [-0.15, -0.1) is 0 Å². The zero-order valence-electron chi connectivity index (χ0n) is 15.1. The van der Waals surface area contributed by atoms with Gasteiger partial charge in [-0.05, 0) is 57.6 Å². The topological polar surface area (TPSA) is 64.2 Å². The lowest BCUT2D eigenvalue weighted by molar-refractivity contribution is 0.0707. The van der Waals surface area contributed by atoms with Crippen molar-refractivity contribution in [3.8, 4) is 5.69 Å². The van der Waals surface area contributed by atoms with E-state index in [4.69, 9.17) is 10.8 Å². The van der Waals surface area contributed by atoms with Crippen LogP contribution in [0.1, 0.15) is 52.1 Å². The molecule has 2 heterocycles. The molecule has 0 atom stereocenters. The first-order valence-corrected chi connectivity index (χ1v) is 9.28. The van der Waals surface area contributed by atoms with E-state index >= 15 is 0 Å². The lowest BCUT2D eigenvalue weighted by atomic mass is 10.1. The summed E-state index contributed by atoms with van der Waals surface area (Å²) in [6.07, 6.45) is 4.81. The summed E-state index contributed by atoms with van der Waals surface area (Å²) in [6, 6.07) is 6.62. The van der Waals surface area contributed by atoms with E-state index in [-0.39, 0.29) is 11.9 Å². The lowest BCUT2D eigenvalue weighted by Gasteiger charge is -2.29. The Morgan fingerprint density at radius 1 is 1.20 bits per heavy atom. The number of rotatable bonds is 2. The summed E-state index contributed by atoms with van der Waals surface area (Å²) >= 11 is 0. The number of likely N-dealkylation sites (tertiary alicyclic amines) is 1. The van der Waals surface area contributed by atoms with Crippen LogP contribution in [-0.4, -0.2) is 39.7 Å². The van der Waals surface area contributed by atoms with Crippen molar-refractivity contribution in [3.63, 3.8) is 0 Å². The molecule has 2 aromatic rings. The van der Waals surface area contributed by atoms with Crippen LogP contribution in [0.15, 0.2) is 18.2 Å². The van der Waals surface area contributed by atoms with Gasteiger partial charge in [-0.1, -0.05) is 17.7 Å². The summed E-state index contributed by atoms with van der Waals surface area (Å²) in [7, 11) is 0. The molecule has 5 heteroatoms. The first-order chi connectivity index (χ1) is 12.0. The highest BCUT2D eigenvalue weighted by molar-refractivity contribution is 5.94. The molecule has 0 saturated carbocycles. The van der Waals surface area contributed by atoms with Crippen LogP contribution in [0.4, 0.5) is 0 Å². The Bertz CT molecular complexity index is 815. The van der Waals surface area contributed by atoms with E-state index in [1.54, 1.807) is 0 Å². The van der Waals surface area contributed by atoms with Gasteiger partial charge in [0.05, 0.1) is 5.69 Å². The Balaban J connectivity index is 1.72. The number of carbonyl (C=O) groups is 1. The van der Waals surface area contributed by atoms with E-state index < -0.39 is 0 Å². The van der Waals surface area contributed by atoms with Gasteiger partial charge in [-0.25, -0.2) is 4.68 Å². The van der Waals surface area contributed by atoms with Crippen molar-refractivity contribution in [3.05, 3.63) is 46.3 Å². The molecule has 4 rings (SSSR count). The molecule has 132 valence electrons. The quantitative estimate of drug-likeness (QED) is 0.915. The third-order valence-corrected chi connectivity index (χ3v) is 5.54. The number of aromatic nitrogens is 2. The average Bonchev–Trinajstić information content (AvgIpc) is 3.18. The van der Waals surface area contributed by atoms with Gasteiger partial charge in [-0.3, -0.25) is 4.79 Å². The molecule has 1 aromatic heterocycles. The van der Waals surface area contributed by atoms with Crippen LogP contribution in [0, 0.1) is 13.8 Å². The fourth-order valence-corrected chi connectivity index (χ4v) is 4.10. The van der Waals surface area contributed by atoms with E-state index in [1.807, 2.05) is 9.58 Å². The summed E-state index contributed by atoms with van der Waals surface area (Å²) in [5, 5.41) is 4.78. The van der Waals surface area contributed by atoms with Crippen LogP contribution in [0.3, 0.4) is 0 Å². The summed E-state index contributed by atoms with van der Waals surface area (Å²) in [5.74, 6) is 0.0774. The lowest BCUT2D eigenvalue weighted by Crippen LogP contribution is -2.43. The maximum absolute atomic E-state index is 13.1. The molecular formula is C20H26N4O. The normalized spacial score (nSPS) is 17.8. The highest BCUT2D eigenvalue weighted by Crippen LogP contribution is 2.30. The Morgan fingerprint density at radius 3 is 2.68 bits per heavy atom. The first-order valence-electron chi connectivity index (χ1n) is 9.28. The molecule has 1 aromatic carbocycles. The van der Waals surface area contributed by atoms with Gasteiger partial charge in [0.2, 0.25) is 0 Å². The Hall–Kier alpha value is -2.14. The smallest absolute Gasteiger partial charge is 0.274 e. The third-order valence-electron chi connectivity index (χ3n) is 5.54. The number of piperidine rings is 1. The molecule has 2 aliphatic rings. The van der Waals surface area contributed by atoms with Crippen molar-refractivity contribution in [2.24, 2.45) is 5.73 Å². The second-order valence-electron chi connectivity index (χ2n) is 7.46. The van der Waals surface area contributed by atoms with Crippen molar-refractivity contribution in [1.29, 1.82) is 0 Å². The van der Waals surface area contributed by atoms with Crippen LogP contribution >= 0.6 is 0 Å². The van der Waals surface area contributed by atoms with Gasteiger partial charge in [0.25, 0.3) is 5.91 Å². The van der Waals surface area contributed by atoms with Crippen molar-refractivity contribution < 1.29 is 4.79 Å². The second kappa shape index (κ2) is 6.30. The maximum Gasteiger partial charge on any atom is 0.274 e. The van der Waals surface area contributed by atoms with E-state index in [0.717, 1.165) is 56.4 Å². The number of aryl methyl sites for hydroxylation is 2. The van der Waals surface area contributed by atoms with Crippen LogP contribution in [-0.2, 0) is 12.8 Å². The molecule has 2 N–H and O–H groups in total. The van der Waals surface area contributed by atoms with E-state index in [2.05, 4.69) is 32.0 Å². The van der Waals surface area contributed by atoms with Gasteiger partial charge in [0, 0.05) is 30.4 Å². The molecule has 1 aliphatic heterocycles. The van der Waals surface area contributed by atoms with Gasteiger partial charge >= 0.3 is 0 Å². The van der Waals surface area contributed by atoms with Crippen molar-refractivity contribution in [1.82, 2.24) is 14.7 Å². The third kappa shape index (κ3) is 2.86. The number of nitrogens with zero attached hydrogens (tertiary/aromatic N) is 3. The molecule has 1 fully saturated rings. The Labute approximate surface area is 148 Å². The Kier molecular flexibility index (Phi) is 4.12. The molecule has 25 heavy (non-hydrogen) atoms. The first kappa shape index (κ1) is 16.3. The van der Waals surface area contributed by atoms with Gasteiger partial charge in [-0.2, -0.15) is 5.10 Å². The molecule has 1 aliphatic carbocycles. The highest BCUT2D eigenvalue weighted by Gasteiger charge is 2.31. The van der Waals surface area contributed by atoms with Gasteiger partial charge in [0.1, 0.15) is 0 Å². The standard InChI is InChI=1S/C20H26N4O/c1-13-6-7-17(14(2)12-13)24-18-5-3-4-16(18)19(22-24)20(25)23-10-8-15(21)9-11-23/h6-7,12,15H,3-5,8-11,21H2,1-2H3. The number of carbonyl (C=O) groups excluding carboxylic acids is 1. The summed E-state index contributed by atoms with van der Waals surface area (Å²) in [6.45, 7) is 5.69. The summed E-state index contributed by atoms with van der Waals surface area (Å²) in [4.78, 5) is 15.0. The molecule has 0 spiro atoms. The zero-order valence-corrected chi connectivity index (χ0v) is 15.1. The molecule has 0 bridgehead atoms. The number of nitrogens with two attached hydrogens (primary N) is 1. The predicted molar refractivity (Wildman–Crippen MR) is 98.2 cm³/mol. The molecule has 1 amide bonds. The molecular weight excluding hydrogens is 312 g/mol. The molecule has 0 radical (unpaired) electrons. The van der Waals surface area contributed by atoms with E-state index in [9.17, 15) is 4.79 Å². The SMILES string of the molecule is Cc1ccc(-n2nc(C(=O)N3CCC(N)CC3)c3c2CCC3)c(C)c1. The minimum Gasteiger partial charge on any atom is -0.337 e. The van der Waals surface area contributed by atoms with Crippen molar-refractivity contribution in [2.75, 3.05) is 13.1 Å². The molecule has 1 saturated heterocycles.